The fraction of sp³-hybridized carbons (Fsp3) is 0.800. The molecule has 7 N–H and O–H groups in total. The number of carbonyl (C=O) groups excluding carboxylic acids is 4. The van der Waals surface area contributed by atoms with Crippen LogP contribution in [0.15, 0.2) is 12.7 Å². The molecule has 0 aromatic carbocycles. The average molecular weight is 706 g/mol. The van der Waals surface area contributed by atoms with Crippen LogP contribution in [-0.4, -0.2) is 179 Å². The van der Waals surface area contributed by atoms with Crippen molar-refractivity contribution in [3.05, 3.63) is 12.7 Å². The molecule has 3 aliphatic rings. The van der Waals surface area contributed by atoms with Gasteiger partial charge in [0.1, 0.15) is 24.4 Å². The third-order valence-corrected chi connectivity index (χ3v) is 7.58. The van der Waals surface area contributed by atoms with Crippen molar-refractivity contribution < 1.29 is 67.7 Å². The van der Waals surface area contributed by atoms with Crippen molar-refractivity contribution in [2.45, 2.75) is 68.7 Å². The molecule has 19 heteroatoms. The second-order valence-electron chi connectivity index (χ2n) is 11.5. The van der Waals surface area contributed by atoms with Crippen LogP contribution in [0.5, 0.6) is 0 Å². The summed E-state index contributed by atoms with van der Waals surface area (Å²) in [7, 11) is 1.55. The zero-order chi connectivity index (χ0) is 35.6. The monoisotopic (exact) mass is 705 g/mol. The predicted molar refractivity (Wildman–Crippen MR) is 167 cm³/mol. The van der Waals surface area contributed by atoms with Gasteiger partial charge in [0.2, 0.25) is 23.6 Å². The molecule has 280 valence electrons. The summed E-state index contributed by atoms with van der Waals surface area (Å²) in [5.74, 6) is -1.51. The normalized spacial score (nSPS) is 31.1. The number of rotatable bonds is 12. The first kappa shape index (κ1) is 40.6. The number of aliphatic hydroxyl groups excluding tert-OH is 3. The molecule has 3 fully saturated rings. The van der Waals surface area contributed by atoms with Gasteiger partial charge in [0.05, 0.1) is 65.4 Å². The molecule has 8 atom stereocenters. The minimum absolute atomic E-state index is 0.0140. The number of amides is 4. The molecule has 3 saturated heterocycles. The molecule has 49 heavy (non-hydrogen) atoms. The predicted octanol–water partition coefficient (Wildman–Crippen LogP) is -4.31. The maximum Gasteiger partial charge on any atom is 0.234 e. The van der Waals surface area contributed by atoms with E-state index in [0.29, 0.717) is 0 Å². The fourth-order valence-electron chi connectivity index (χ4n) is 5.07. The largest absolute Gasteiger partial charge is 0.390 e. The lowest BCUT2D eigenvalue weighted by atomic mass is 10.0. The van der Waals surface area contributed by atoms with Crippen LogP contribution in [0.1, 0.15) is 19.3 Å². The van der Waals surface area contributed by atoms with Gasteiger partial charge in [-0.15, -0.1) is 6.58 Å². The van der Waals surface area contributed by atoms with Gasteiger partial charge in [0.25, 0.3) is 0 Å². The van der Waals surface area contributed by atoms with E-state index in [1.54, 1.807) is 7.05 Å². The lowest BCUT2D eigenvalue weighted by molar-refractivity contribution is -0.360. The van der Waals surface area contributed by atoms with Crippen LogP contribution >= 0.6 is 0 Å². The maximum atomic E-state index is 12.8. The van der Waals surface area contributed by atoms with E-state index < -0.39 is 67.1 Å². The lowest BCUT2D eigenvalue weighted by Crippen LogP contribution is -2.55. The summed E-state index contributed by atoms with van der Waals surface area (Å²) in [4.78, 5) is 50.7. The van der Waals surface area contributed by atoms with Gasteiger partial charge in [-0.25, -0.2) is 0 Å². The van der Waals surface area contributed by atoms with Crippen LogP contribution < -0.4 is 21.3 Å². The Labute approximate surface area is 284 Å². The molecule has 0 aliphatic carbocycles. The van der Waals surface area contributed by atoms with E-state index in [2.05, 4.69) is 27.8 Å². The van der Waals surface area contributed by atoms with E-state index in [1.165, 1.54) is 11.0 Å². The molecule has 4 amide bonds. The van der Waals surface area contributed by atoms with Crippen LogP contribution in [0.25, 0.3) is 0 Å². The number of carbonyl (C=O) groups is 4. The summed E-state index contributed by atoms with van der Waals surface area (Å²) in [5, 5.41) is 41.9. The molecular weight excluding hydrogens is 654 g/mol. The van der Waals surface area contributed by atoms with Gasteiger partial charge in [0, 0.05) is 45.9 Å². The average Bonchev–Trinajstić information content (AvgIpc) is 3.06. The Morgan fingerprint density at radius 2 is 1.49 bits per heavy atom. The van der Waals surface area contributed by atoms with Gasteiger partial charge in [-0.05, 0) is 0 Å². The van der Waals surface area contributed by atoms with Crippen molar-refractivity contribution in [1.29, 1.82) is 0 Å². The summed E-state index contributed by atoms with van der Waals surface area (Å²) in [6.45, 7) is 4.01. The molecule has 0 radical (unpaired) electrons. The van der Waals surface area contributed by atoms with Crippen molar-refractivity contribution in [2.24, 2.45) is 0 Å². The zero-order valence-corrected chi connectivity index (χ0v) is 27.8. The van der Waals surface area contributed by atoms with Gasteiger partial charge in [-0.2, -0.15) is 0 Å². The van der Waals surface area contributed by atoms with E-state index >= 15 is 0 Å². The Kier molecular flexibility index (Phi) is 18.3. The summed E-state index contributed by atoms with van der Waals surface area (Å²) >= 11 is 0. The van der Waals surface area contributed by atoms with Crippen molar-refractivity contribution in [3.8, 4) is 0 Å². The molecule has 0 unspecified atom stereocenters. The van der Waals surface area contributed by atoms with E-state index in [-0.39, 0.29) is 104 Å². The van der Waals surface area contributed by atoms with Crippen molar-refractivity contribution in [2.75, 3.05) is 86.0 Å². The molecule has 0 aromatic rings. The highest BCUT2D eigenvalue weighted by Crippen LogP contribution is 2.29. The third-order valence-electron chi connectivity index (χ3n) is 7.58. The first-order valence-electron chi connectivity index (χ1n) is 16.3. The Balaban J connectivity index is 1.53. The van der Waals surface area contributed by atoms with Crippen molar-refractivity contribution in [3.63, 3.8) is 0 Å². The number of fused-ring (bicyclic) bond motifs is 3. The molecule has 19 nitrogen and oxygen atoms in total. The highest BCUT2D eigenvalue weighted by atomic mass is 16.8. The Hall–Kier alpha value is -2.82. The molecule has 3 rings (SSSR count). The van der Waals surface area contributed by atoms with Crippen LogP contribution in [0.3, 0.4) is 0 Å². The number of aliphatic hydroxyl groups is 3. The quantitative estimate of drug-likeness (QED) is 0.0750. The molecule has 0 saturated carbocycles. The maximum absolute atomic E-state index is 12.8. The fourth-order valence-corrected chi connectivity index (χ4v) is 5.07. The van der Waals surface area contributed by atoms with E-state index in [9.17, 15) is 34.5 Å². The first-order valence-corrected chi connectivity index (χ1v) is 16.3. The van der Waals surface area contributed by atoms with Gasteiger partial charge < -0.3 is 69.7 Å². The van der Waals surface area contributed by atoms with Crippen LogP contribution in [0.4, 0.5) is 0 Å². The number of hydrogen-bond donors (Lipinski definition) is 7. The van der Waals surface area contributed by atoms with Crippen LogP contribution in [-0.2, 0) is 52.3 Å². The summed E-state index contributed by atoms with van der Waals surface area (Å²) in [6.07, 6.45) is -6.89. The van der Waals surface area contributed by atoms with Crippen molar-refractivity contribution in [1.82, 2.24) is 26.2 Å². The molecule has 0 aromatic heterocycles. The Morgan fingerprint density at radius 3 is 2.14 bits per heavy atom. The van der Waals surface area contributed by atoms with E-state index in [0.717, 1.165) is 0 Å². The second-order valence-corrected chi connectivity index (χ2v) is 11.5. The number of ether oxygens (including phenoxy) is 7. The van der Waals surface area contributed by atoms with Gasteiger partial charge in [-0.1, -0.05) is 6.08 Å². The third kappa shape index (κ3) is 14.9. The minimum atomic E-state index is -1.25. The topological polar surface area (TPSA) is 245 Å². The van der Waals surface area contributed by atoms with Gasteiger partial charge in [0.15, 0.2) is 18.9 Å². The lowest BCUT2D eigenvalue weighted by Gasteiger charge is -2.42. The van der Waals surface area contributed by atoms with Crippen LogP contribution in [0.2, 0.25) is 0 Å². The smallest absolute Gasteiger partial charge is 0.234 e. The van der Waals surface area contributed by atoms with Crippen molar-refractivity contribution >= 4 is 23.6 Å². The van der Waals surface area contributed by atoms with Gasteiger partial charge >= 0.3 is 0 Å². The number of nitrogens with one attached hydrogen (secondary N) is 4. The zero-order valence-electron chi connectivity index (χ0n) is 27.8. The second kappa shape index (κ2) is 22.1. The summed E-state index contributed by atoms with van der Waals surface area (Å²) in [6, 6.07) is 0. The Morgan fingerprint density at radius 1 is 0.857 bits per heavy atom. The highest BCUT2D eigenvalue weighted by molar-refractivity contribution is 5.84. The van der Waals surface area contributed by atoms with Crippen LogP contribution in [0, 0.1) is 0 Å². The molecule has 2 bridgehead atoms. The molecular formula is C30H51N5O14. The number of nitrogens with zero attached hydrogens (tertiary/aromatic N) is 1. The molecule has 0 spiro atoms. The summed E-state index contributed by atoms with van der Waals surface area (Å²) < 4.78 is 39.6. The number of hydrogen-bond acceptors (Lipinski definition) is 15. The minimum Gasteiger partial charge on any atom is -0.390 e. The standard InChI is InChI=1S/C30H51N5O14/c1-3-22-19(36)15-23-30(47-22)46-11-7-34-27(42)18-35(16-25(40)32-5-9-44-13-12-43-8-4-24(39)31-2)17-26(41)33-6-10-45-28-20(37)14-21(38)29(48-23)49-28/h3,19-23,28-30,36-38H,1,4-18H2,2H3,(H,31,39)(H,32,40)(H,33,41)(H,34,42)/t19-,20-,21-,22-,23-,28+,29+,30+/m0/s1. The SMILES string of the molecule is C=C[C@@H]1O[C@H]2OCCNC(=O)CN(CC(=O)NCCOCCOCCC(=O)NC)CC(=O)NCCO[C@@H]3O[C@@H](O[C@H]2C[C@@H]1O)[C@@H](O)C[C@@H]3O. The molecule has 3 aliphatic heterocycles. The molecule has 3 heterocycles. The Bertz CT molecular complexity index is 1060. The van der Waals surface area contributed by atoms with E-state index in [1.807, 2.05) is 0 Å². The first-order chi connectivity index (χ1) is 23.6. The van der Waals surface area contributed by atoms with Gasteiger partial charge in [-0.3, -0.25) is 24.1 Å². The van der Waals surface area contributed by atoms with E-state index in [4.69, 9.17) is 33.2 Å². The highest BCUT2D eigenvalue weighted by Gasteiger charge is 2.43. The summed E-state index contributed by atoms with van der Waals surface area (Å²) in [5.41, 5.74) is 0.